The number of carboxylic acids is 1. The van der Waals surface area contributed by atoms with Gasteiger partial charge in [0.25, 0.3) is 0 Å². The molecule has 4 heteroatoms. The number of ether oxygens (including phenoxy) is 1. The maximum Gasteiger partial charge on any atom is 0.320 e. The zero-order valence-corrected chi connectivity index (χ0v) is 11.0. The van der Waals surface area contributed by atoms with Crippen molar-refractivity contribution in [3.8, 4) is 0 Å². The molecule has 1 heterocycles. The molecule has 2 atom stereocenters. The van der Waals surface area contributed by atoms with E-state index in [1.165, 1.54) is 5.56 Å². The van der Waals surface area contributed by atoms with E-state index in [0.717, 1.165) is 19.3 Å². The van der Waals surface area contributed by atoms with Crippen LogP contribution in [0.4, 0.5) is 0 Å². The summed E-state index contributed by atoms with van der Waals surface area (Å²) in [4.78, 5) is 10.8. The lowest BCUT2D eigenvalue weighted by Gasteiger charge is -2.10. The minimum atomic E-state index is -0.782. The first-order chi connectivity index (χ1) is 9.25. The van der Waals surface area contributed by atoms with Crippen LogP contribution < -0.4 is 5.32 Å². The molecule has 104 valence electrons. The molecule has 1 aliphatic heterocycles. The van der Waals surface area contributed by atoms with Crippen LogP contribution in [0.1, 0.15) is 24.8 Å². The minimum Gasteiger partial charge on any atom is -0.480 e. The maximum atomic E-state index is 10.8. The summed E-state index contributed by atoms with van der Waals surface area (Å²) in [6.07, 6.45) is 3.83. The van der Waals surface area contributed by atoms with Gasteiger partial charge in [-0.15, -0.1) is 0 Å². The monoisotopic (exact) mass is 263 g/mol. The van der Waals surface area contributed by atoms with Gasteiger partial charge >= 0.3 is 5.97 Å². The summed E-state index contributed by atoms with van der Waals surface area (Å²) in [5.74, 6) is -0.782. The van der Waals surface area contributed by atoms with Gasteiger partial charge < -0.3 is 15.2 Å². The number of benzene rings is 1. The van der Waals surface area contributed by atoms with Gasteiger partial charge in [-0.1, -0.05) is 30.3 Å². The number of hydrogen-bond acceptors (Lipinski definition) is 3. The highest BCUT2D eigenvalue weighted by atomic mass is 16.5. The Kier molecular flexibility index (Phi) is 5.36. The van der Waals surface area contributed by atoms with Crippen molar-refractivity contribution in [2.45, 2.75) is 37.8 Å². The number of nitrogens with one attached hydrogen (secondary N) is 1. The standard InChI is InChI=1S/C15H21NO3/c17-15(18)14-10-13(11-16-14)19-9-5-4-8-12-6-2-1-3-7-12/h1-3,6-7,13-14,16H,4-5,8-11H2,(H,17,18)/t13-,14+/m1/s1. The van der Waals surface area contributed by atoms with Crippen molar-refractivity contribution in [1.29, 1.82) is 0 Å². The third-order valence-electron chi connectivity index (χ3n) is 3.44. The highest BCUT2D eigenvalue weighted by Crippen LogP contribution is 2.12. The van der Waals surface area contributed by atoms with E-state index in [2.05, 4.69) is 29.6 Å². The Hall–Kier alpha value is -1.39. The van der Waals surface area contributed by atoms with Crippen molar-refractivity contribution in [2.75, 3.05) is 13.2 Å². The smallest absolute Gasteiger partial charge is 0.320 e. The lowest BCUT2D eigenvalue weighted by Crippen LogP contribution is -2.29. The Morgan fingerprint density at radius 3 is 2.79 bits per heavy atom. The average Bonchev–Trinajstić information content (AvgIpc) is 2.89. The maximum absolute atomic E-state index is 10.8. The van der Waals surface area contributed by atoms with E-state index in [9.17, 15) is 4.79 Å². The van der Waals surface area contributed by atoms with E-state index in [-0.39, 0.29) is 6.10 Å². The van der Waals surface area contributed by atoms with Crippen LogP contribution in [0.3, 0.4) is 0 Å². The number of hydrogen-bond donors (Lipinski definition) is 2. The molecule has 0 aromatic heterocycles. The predicted molar refractivity (Wildman–Crippen MR) is 73.2 cm³/mol. The van der Waals surface area contributed by atoms with Crippen molar-refractivity contribution in [1.82, 2.24) is 5.32 Å². The lowest BCUT2D eigenvalue weighted by atomic mass is 10.1. The van der Waals surface area contributed by atoms with Crippen LogP contribution >= 0.6 is 0 Å². The van der Waals surface area contributed by atoms with Gasteiger partial charge in [-0.25, -0.2) is 0 Å². The number of aliphatic carboxylic acids is 1. The Morgan fingerprint density at radius 1 is 1.32 bits per heavy atom. The molecule has 4 nitrogen and oxygen atoms in total. The van der Waals surface area contributed by atoms with Crippen LogP contribution in [0.2, 0.25) is 0 Å². The molecule has 0 saturated carbocycles. The molecule has 0 radical (unpaired) electrons. The first-order valence-electron chi connectivity index (χ1n) is 6.87. The van der Waals surface area contributed by atoms with Gasteiger partial charge in [0, 0.05) is 19.6 Å². The van der Waals surface area contributed by atoms with Crippen LogP contribution in [-0.4, -0.2) is 36.4 Å². The highest BCUT2D eigenvalue weighted by molar-refractivity contribution is 5.73. The van der Waals surface area contributed by atoms with Crippen LogP contribution in [0.5, 0.6) is 0 Å². The summed E-state index contributed by atoms with van der Waals surface area (Å²) in [6.45, 7) is 1.36. The molecule has 0 aliphatic carbocycles. The minimum absolute atomic E-state index is 0.0535. The molecule has 1 aromatic rings. The van der Waals surface area contributed by atoms with Crippen LogP contribution in [-0.2, 0) is 16.0 Å². The summed E-state index contributed by atoms with van der Waals surface area (Å²) in [5.41, 5.74) is 1.36. The summed E-state index contributed by atoms with van der Waals surface area (Å²) in [7, 11) is 0. The second kappa shape index (κ2) is 7.26. The number of carbonyl (C=O) groups is 1. The quantitative estimate of drug-likeness (QED) is 0.737. The lowest BCUT2D eigenvalue weighted by molar-refractivity contribution is -0.139. The summed E-state index contributed by atoms with van der Waals surface area (Å²) in [6, 6.07) is 9.98. The fourth-order valence-corrected chi connectivity index (χ4v) is 2.34. The van der Waals surface area contributed by atoms with E-state index < -0.39 is 12.0 Å². The van der Waals surface area contributed by atoms with Crippen LogP contribution in [0, 0.1) is 0 Å². The Morgan fingerprint density at radius 2 is 2.11 bits per heavy atom. The van der Waals surface area contributed by atoms with E-state index in [4.69, 9.17) is 9.84 Å². The van der Waals surface area contributed by atoms with Gasteiger partial charge in [-0.3, -0.25) is 4.79 Å². The fourth-order valence-electron chi connectivity index (χ4n) is 2.34. The normalized spacial score (nSPS) is 22.5. The average molecular weight is 263 g/mol. The SMILES string of the molecule is O=C(O)[C@@H]1C[C@@H](OCCCCc2ccccc2)CN1. The van der Waals surface area contributed by atoms with E-state index in [1.54, 1.807) is 0 Å². The second-order valence-electron chi connectivity index (χ2n) is 4.97. The van der Waals surface area contributed by atoms with Crippen molar-refractivity contribution in [2.24, 2.45) is 0 Å². The predicted octanol–water partition coefficient (Wildman–Crippen LogP) is 1.84. The van der Waals surface area contributed by atoms with Gasteiger partial charge in [-0.2, -0.15) is 0 Å². The van der Waals surface area contributed by atoms with Gasteiger partial charge in [-0.05, 0) is 24.8 Å². The molecular formula is C15H21NO3. The van der Waals surface area contributed by atoms with Crippen LogP contribution in [0.25, 0.3) is 0 Å². The molecule has 2 rings (SSSR count). The van der Waals surface area contributed by atoms with E-state index in [0.29, 0.717) is 19.6 Å². The summed E-state index contributed by atoms with van der Waals surface area (Å²) < 4.78 is 5.70. The van der Waals surface area contributed by atoms with E-state index >= 15 is 0 Å². The van der Waals surface area contributed by atoms with Crippen LogP contribution in [0.15, 0.2) is 30.3 Å². The highest BCUT2D eigenvalue weighted by Gasteiger charge is 2.29. The molecule has 0 unspecified atom stereocenters. The molecule has 1 saturated heterocycles. The molecular weight excluding hydrogens is 242 g/mol. The van der Waals surface area contributed by atoms with Crippen molar-refractivity contribution < 1.29 is 14.6 Å². The molecule has 1 aromatic carbocycles. The van der Waals surface area contributed by atoms with Crippen molar-refractivity contribution >= 4 is 5.97 Å². The van der Waals surface area contributed by atoms with E-state index in [1.807, 2.05) is 6.07 Å². The zero-order chi connectivity index (χ0) is 13.5. The Balaban J connectivity index is 1.54. The molecule has 1 aliphatic rings. The summed E-state index contributed by atoms with van der Waals surface area (Å²) in [5, 5.41) is 11.8. The molecule has 19 heavy (non-hydrogen) atoms. The molecule has 0 bridgehead atoms. The molecule has 0 amide bonds. The van der Waals surface area contributed by atoms with Gasteiger partial charge in [0.15, 0.2) is 0 Å². The Bertz CT molecular complexity index is 394. The van der Waals surface area contributed by atoms with Gasteiger partial charge in [0.05, 0.1) is 6.10 Å². The Labute approximate surface area is 113 Å². The third kappa shape index (κ3) is 4.65. The number of rotatable bonds is 7. The van der Waals surface area contributed by atoms with Crippen molar-refractivity contribution in [3.63, 3.8) is 0 Å². The molecule has 0 spiro atoms. The summed E-state index contributed by atoms with van der Waals surface area (Å²) >= 11 is 0. The van der Waals surface area contributed by atoms with Gasteiger partial charge in [0.1, 0.15) is 6.04 Å². The van der Waals surface area contributed by atoms with Crippen molar-refractivity contribution in [3.05, 3.63) is 35.9 Å². The fraction of sp³-hybridized carbons (Fsp3) is 0.533. The number of carboxylic acid groups (broad SMARTS) is 1. The second-order valence-corrected chi connectivity index (χ2v) is 4.97. The first-order valence-corrected chi connectivity index (χ1v) is 6.87. The zero-order valence-electron chi connectivity index (χ0n) is 11.0. The molecule has 2 N–H and O–H groups in total. The first kappa shape index (κ1) is 14.0. The third-order valence-corrected chi connectivity index (χ3v) is 3.44. The number of aryl methyl sites for hydroxylation is 1. The topological polar surface area (TPSA) is 58.6 Å². The number of unbranched alkanes of at least 4 members (excludes halogenated alkanes) is 1. The van der Waals surface area contributed by atoms with Gasteiger partial charge in [0.2, 0.25) is 0 Å². The largest absolute Gasteiger partial charge is 0.480 e. The molecule has 1 fully saturated rings.